The lowest BCUT2D eigenvalue weighted by Gasteiger charge is -2.15. The molecule has 5 heteroatoms. The Morgan fingerprint density at radius 3 is 2.54 bits per heavy atom. The molecule has 2 N–H and O–H groups in total. The number of hydrogen-bond donors (Lipinski definition) is 2. The first-order valence-electron chi connectivity index (χ1n) is 7.74. The Labute approximate surface area is 141 Å². The highest BCUT2D eigenvalue weighted by Crippen LogP contribution is 2.27. The number of nitrogens with one attached hydrogen (secondary N) is 1. The molecule has 0 atom stereocenters. The van der Waals surface area contributed by atoms with E-state index >= 15 is 0 Å². The summed E-state index contributed by atoms with van der Waals surface area (Å²) in [5.74, 6) is -0.546. The average molecular weight is 327 g/mol. The van der Waals surface area contributed by atoms with E-state index in [0.717, 1.165) is 11.1 Å². The van der Waals surface area contributed by atoms with E-state index in [0.29, 0.717) is 5.75 Å². The van der Waals surface area contributed by atoms with Crippen molar-refractivity contribution in [2.24, 2.45) is 0 Å². The number of ether oxygens (including phenoxy) is 1. The minimum absolute atomic E-state index is 0.0456. The number of amides is 1. The second-order valence-corrected chi connectivity index (χ2v) is 5.88. The molecule has 0 aliphatic carbocycles. The Balaban J connectivity index is 2.07. The molecule has 5 nitrogen and oxygen atoms in total. The molecule has 1 amide bonds. The van der Waals surface area contributed by atoms with Crippen molar-refractivity contribution >= 4 is 17.6 Å². The molecule has 0 fully saturated rings. The van der Waals surface area contributed by atoms with Crippen LogP contribution in [0.5, 0.6) is 5.75 Å². The SMILES string of the molecule is Cc1ccc(C(C)C)c(OCC(=O)Nc2ccccc2C(=O)O)c1. The van der Waals surface area contributed by atoms with Crippen molar-refractivity contribution in [1.29, 1.82) is 0 Å². The Morgan fingerprint density at radius 2 is 1.88 bits per heavy atom. The van der Waals surface area contributed by atoms with Gasteiger partial charge >= 0.3 is 5.97 Å². The van der Waals surface area contributed by atoms with E-state index in [4.69, 9.17) is 9.84 Å². The first-order valence-corrected chi connectivity index (χ1v) is 7.74. The Hall–Kier alpha value is -2.82. The minimum Gasteiger partial charge on any atom is -0.483 e. The summed E-state index contributed by atoms with van der Waals surface area (Å²) in [6.45, 7) is 5.89. The molecule has 2 aromatic rings. The van der Waals surface area contributed by atoms with Crippen molar-refractivity contribution in [1.82, 2.24) is 0 Å². The molecular weight excluding hydrogens is 306 g/mol. The number of carboxylic acids is 1. The third-order valence-electron chi connectivity index (χ3n) is 3.58. The number of carbonyl (C=O) groups excluding carboxylic acids is 1. The van der Waals surface area contributed by atoms with Gasteiger partial charge in [0.25, 0.3) is 5.91 Å². The number of hydrogen-bond acceptors (Lipinski definition) is 3. The third kappa shape index (κ3) is 4.35. The minimum atomic E-state index is -1.09. The van der Waals surface area contributed by atoms with Crippen LogP contribution in [0.25, 0.3) is 0 Å². The van der Waals surface area contributed by atoms with Crippen molar-refractivity contribution < 1.29 is 19.4 Å². The standard InChI is InChI=1S/C19H21NO4/c1-12(2)14-9-8-13(3)10-17(14)24-11-18(21)20-16-7-5-4-6-15(16)19(22)23/h4-10,12H,11H2,1-3H3,(H,20,21)(H,22,23). The van der Waals surface area contributed by atoms with Crippen molar-refractivity contribution in [3.05, 3.63) is 59.2 Å². The molecule has 2 aromatic carbocycles. The molecule has 2 rings (SSSR count). The lowest BCUT2D eigenvalue weighted by Crippen LogP contribution is -2.22. The van der Waals surface area contributed by atoms with Crippen LogP contribution < -0.4 is 10.1 Å². The second-order valence-electron chi connectivity index (χ2n) is 5.88. The van der Waals surface area contributed by atoms with Gasteiger partial charge in [0, 0.05) is 0 Å². The van der Waals surface area contributed by atoms with Crippen molar-refractivity contribution in [3.63, 3.8) is 0 Å². The van der Waals surface area contributed by atoms with Gasteiger partial charge in [-0.2, -0.15) is 0 Å². The topological polar surface area (TPSA) is 75.6 Å². The quantitative estimate of drug-likeness (QED) is 0.845. The number of rotatable bonds is 6. The molecule has 0 aliphatic rings. The molecule has 24 heavy (non-hydrogen) atoms. The average Bonchev–Trinajstić information content (AvgIpc) is 2.53. The Morgan fingerprint density at radius 1 is 1.17 bits per heavy atom. The maximum atomic E-state index is 12.1. The van der Waals surface area contributed by atoms with Crippen LogP contribution >= 0.6 is 0 Å². The summed E-state index contributed by atoms with van der Waals surface area (Å²) >= 11 is 0. The largest absolute Gasteiger partial charge is 0.483 e. The lowest BCUT2D eigenvalue weighted by atomic mass is 10.0. The van der Waals surface area contributed by atoms with E-state index in [9.17, 15) is 9.59 Å². The van der Waals surface area contributed by atoms with Crippen LogP contribution in [0.3, 0.4) is 0 Å². The van der Waals surface area contributed by atoms with E-state index < -0.39 is 11.9 Å². The van der Waals surface area contributed by atoms with Crippen LogP contribution in [0, 0.1) is 6.92 Å². The summed E-state index contributed by atoms with van der Waals surface area (Å²) in [7, 11) is 0. The van der Waals surface area contributed by atoms with Gasteiger partial charge in [-0.05, 0) is 42.2 Å². The summed E-state index contributed by atoms with van der Waals surface area (Å²) in [4.78, 5) is 23.3. The van der Waals surface area contributed by atoms with E-state index in [2.05, 4.69) is 19.2 Å². The van der Waals surface area contributed by atoms with E-state index in [1.54, 1.807) is 18.2 Å². The maximum Gasteiger partial charge on any atom is 0.337 e. The van der Waals surface area contributed by atoms with Crippen LogP contribution in [0.2, 0.25) is 0 Å². The molecule has 0 spiro atoms. The highest BCUT2D eigenvalue weighted by Gasteiger charge is 2.13. The molecule has 126 valence electrons. The van der Waals surface area contributed by atoms with Crippen LogP contribution in [0.4, 0.5) is 5.69 Å². The number of carboxylic acid groups (broad SMARTS) is 1. The number of para-hydroxylation sites is 1. The monoisotopic (exact) mass is 327 g/mol. The van der Waals surface area contributed by atoms with Crippen molar-refractivity contribution in [2.45, 2.75) is 26.7 Å². The van der Waals surface area contributed by atoms with Gasteiger partial charge in [0.2, 0.25) is 0 Å². The molecule has 0 heterocycles. The lowest BCUT2D eigenvalue weighted by molar-refractivity contribution is -0.118. The Kier molecular flexibility index (Phi) is 5.58. The molecule has 0 bridgehead atoms. The summed E-state index contributed by atoms with van der Waals surface area (Å²) in [5.41, 5.74) is 2.38. The zero-order valence-electron chi connectivity index (χ0n) is 14.0. The van der Waals surface area contributed by atoms with E-state index in [1.807, 2.05) is 25.1 Å². The maximum absolute atomic E-state index is 12.1. The summed E-state index contributed by atoms with van der Waals surface area (Å²) < 4.78 is 5.65. The number of carbonyl (C=O) groups is 2. The number of benzene rings is 2. The van der Waals surface area contributed by atoms with Gasteiger partial charge in [0.15, 0.2) is 6.61 Å². The number of aromatic carboxylic acids is 1. The number of aryl methyl sites for hydroxylation is 1. The number of anilines is 1. The fourth-order valence-electron chi connectivity index (χ4n) is 2.35. The molecule has 0 aromatic heterocycles. The van der Waals surface area contributed by atoms with Crippen molar-refractivity contribution in [2.75, 3.05) is 11.9 Å². The van der Waals surface area contributed by atoms with Crippen LogP contribution in [0.1, 0.15) is 41.3 Å². The van der Waals surface area contributed by atoms with Gasteiger partial charge in [-0.25, -0.2) is 4.79 Å². The predicted molar refractivity (Wildman–Crippen MR) is 92.8 cm³/mol. The molecule has 0 aliphatic heterocycles. The van der Waals surface area contributed by atoms with Gasteiger partial charge in [-0.3, -0.25) is 4.79 Å². The van der Waals surface area contributed by atoms with Gasteiger partial charge in [0.1, 0.15) is 5.75 Å². The van der Waals surface area contributed by atoms with Crippen molar-refractivity contribution in [3.8, 4) is 5.75 Å². The highest BCUT2D eigenvalue weighted by molar-refractivity contribution is 6.00. The van der Waals surface area contributed by atoms with Crippen LogP contribution in [0.15, 0.2) is 42.5 Å². The summed E-state index contributed by atoms with van der Waals surface area (Å²) in [6.07, 6.45) is 0. The second kappa shape index (κ2) is 7.64. The van der Waals surface area contributed by atoms with Gasteiger partial charge < -0.3 is 15.2 Å². The smallest absolute Gasteiger partial charge is 0.337 e. The molecule has 0 unspecified atom stereocenters. The molecular formula is C19H21NO4. The van der Waals surface area contributed by atoms with Gasteiger partial charge in [-0.1, -0.05) is 38.1 Å². The zero-order chi connectivity index (χ0) is 17.7. The third-order valence-corrected chi connectivity index (χ3v) is 3.58. The fraction of sp³-hybridized carbons (Fsp3) is 0.263. The van der Waals surface area contributed by atoms with E-state index in [-0.39, 0.29) is 23.8 Å². The van der Waals surface area contributed by atoms with Crippen LogP contribution in [-0.4, -0.2) is 23.6 Å². The Bertz CT molecular complexity index is 753. The van der Waals surface area contributed by atoms with Gasteiger partial charge in [-0.15, -0.1) is 0 Å². The molecule has 0 radical (unpaired) electrons. The molecule has 0 saturated carbocycles. The highest BCUT2D eigenvalue weighted by atomic mass is 16.5. The van der Waals surface area contributed by atoms with Crippen LogP contribution in [-0.2, 0) is 4.79 Å². The molecule has 0 saturated heterocycles. The fourth-order valence-corrected chi connectivity index (χ4v) is 2.35. The first-order chi connectivity index (χ1) is 11.4. The summed E-state index contributed by atoms with van der Waals surface area (Å²) in [5, 5.41) is 11.7. The first kappa shape index (κ1) is 17.5. The summed E-state index contributed by atoms with van der Waals surface area (Å²) in [6, 6.07) is 12.2. The van der Waals surface area contributed by atoms with Gasteiger partial charge in [0.05, 0.1) is 11.3 Å². The van der Waals surface area contributed by atoms with E-state index in [1.165, 1.54) is 6.07 Å². The zero-order valence-corrected chi connectivity index (χ0v) is 14.0. The normalized spacial score (nSPS) is 10.5. The predicted octanol–water partition coefficient (Wildman–Crippen LogP) is 3.83.